The molecule has 5 nitrogen and oxygen atoms in total. The fraction of sp³-hybridized carbons (Fsp3) is 0.500. The summed E-state index contributed by atoms with van der Waals surface area (Å²) < 4.78 is 5.20. The van der Waals surface area contributed by atoms with E-state index in [4.69, 9.17) is 4.74 Å². The Morgan fingerprint density at radius 1 is 1.16 bits per heavy atom. The van der Waals surface area contributed by atoms with Crippen LogP contribution in [-0.2, 0) is 6.42 Å². The molecule has 0 radical (unpaired) electrons. The zero-order valence-electron chi connectivity index (χ0n) is 15.5. The zero-order valence-corrected chi connectivity index (χ0v) is 15.5. The van der Waals surface area contributed by atoms with Crippen molar-refractivity contribution in [1.29, 1.82) is 0 Å². The van der Waals surface area contributed by atoms with Crippen molar-refractivity contribution >= 4 is 11.6 Å². The van der Waals surface area contributed by atoms with Crippen LogP contribution < -0.4 is 15.0 Å². The van der Waals surface area contributed by atoms with Crippen LogP contribution in [0.15, 0.2) is 30.3 Å². The monoisotopic (exact) mass is 340 g/mol. The highest BCUT2D eigenvalue weighted by Gasteiger charge is 2.17. The molecule has 2 heterocycles. The minimum absolute atomic E-state index is 0.821. The third-order valence-electron chi connectivity index (χ3n) is 4.81. The maximum atomic E-state index is 5.20. The van der Waals surface area contributed by atoms with Gasteiger partial charge in [0.1, 0.15) is 23.2 Å². The molecular formula is C20H28N4O. The number of anilines is 2. The van der Waals surface area contributed by atoms with Crippen molar-refractivity contribution in [3.63, 3.8) is 0 Å². The third-order valence-corrected chi connectivity index (χ3v) is 4.81. The van der Waals surface area contributed by atoms with Crippen LogP contribution in [0.3, 0.4) is 0 Å². The Bertz CT molecular complexity index is 679. The highest BCUT2D eigenvalue weighted by Crippen LogP contribution is 2.23. The molecule has 3 rings (SSSR count). The number of ether oxygens (including phenoxy) is 1. The fourth-order valence-corrected chi connectivity index (χ4v) is 3.17. The molecule has 1 aromatic carbocycles. The van der Waals surface area contributed by atoms with E-state index in [2.05, 4.69) is 45.3 Å². The van der Waals surface area contributed by atoms with Gasteiger partial charge in [-0.2, -0.15) is 0 Å². The first-order valence-corrected chi connectivity index (χ1v) is 9.11. The van der Waals surface area contributed by atoms with Crippen LogP contribution in [0.25, 0.3) is 0 Å². The lowest BCUT2D eigenvalue weighted by Crippen LogP contribution is -2.33. The van der Waals surface area contributed by atoms with Gasteiger partial charge in [0, 0.05) is 25.7 Å². The Morgan fingerprint density at radius 3 is 2.56 bits per heavy atom. The van der Waals surface area contributed by atoms with Crippen LogP contribution in [0.4, 0.5) is 11.6 Å². The highest BCUT2D eigenvalue weighted by molar-refractivity contribution is 5.49. The summed E-state index contributed by atoms with van der Waals surface area (Å²) >= 11 is 0. The number of hydrogen-bond donors (Lipinski definition) is 1. The summed E-state index contributed by atoms with van der Waals surface area (Å²) in [5.74, 6) is 4.49. The van der Waals surface area contributed by atoms with E-state index in [-0.39, 0.29) is 0 Å². The summed E-state index contributed by atoms with van der Waals surface area (Å²) in [5, 5.41) is 3.44. The number of rotatable bonds is 6. The van der Waals surface area contributed by atoms with E-state index >= 15 is 0 Å². The number of nitrogens with zero attached hydrogens (tertiary/aromatic N) is 3. The van der Waals surface area contributed by atoms with Gasteiger partial charge in [0.25, 0.3) is 0 Å². The van der Waals surface area contributed by atoms with Crippen LogP contribution in [0.2, 0.25) is 0 Å². The van der Waals surface area contributed by atoms with Gasteiger partial charge in [-0.3, -0.25) is 0 Å². The van der Waals surface area contributed by atoms with Crippen LogP contribution in [0.1, 0.15) is 31.2 Å². The molecule has 2 aromatic rings. The van der Waals surface area contributed by atoms with Gasteiger partial charge in [0.15, 0.2) is 0 Å². The first-order chi connectivity index (χ1) is 12.1. The standard InChI is InChI=1S/C20H28N4O/c1-15-9-12-24(13-10-15)20-14-19(22-16(2)23-20)21-11-8-17-4-6-18(25-3)7-5-17/h4-7,14-15H,8-13H2,1-3H3,(H,21,22,23). The molecule has 0 atom stereocenters. The van der Waals surface area contributed by atoms with Gasteiger partial charge in [-0.05, 0) is 49.8 Å². The van der Waals surface area contributed by atoms with E-state index in [1.165, 1.54) is 18.4 Å². The number of methoxy groups -OCH3 is 1. The lowest BCUT2D eigenvalue weighted by atomic mass is 9.99. The summed E-state index contributed by atoms with van der Waals surface area (Å²) in [4.78, 5) is 11.5. The second kappa shape index (κ2) is 8.19. The van der Waals surface area contributed by atoms with Crippen LogP contribution in [-0.4, -0.2) is 36.7 Å². The SMILES string of the molecule is COc1ccc(CCNc2cc(N3CCC(C)CC3)nc(C)n2)cc1. The summed E-state index contributed by atoms with van der Waals surface area (Å²) in [5.41, 5.74) is 1.28. The van der Waals surface area contributed by atoms with Crippen molar-refractivity contribution in [3.05, 3.63) is 41.7 Å². The van der Waals surface area contributed by atoms with E-state index < -0.39 is 0 Å². The predicted molar refractivity (Wildman–Crippen MR) is 103 cm³/mol. The molecule has 0 spiro atoms. The minimum atomic E-state index is 0.821. The molecule has 0 aliphatic carbocycles. The van der Waals surface area contributed by atoms with Gasteiger partial charge < -0.3 is 15.0 Å². The smallest absolute Gasteiger partial charge is 0.134 e. The molecule has 0 bridgehead atoms. The minimum Gasteiger partial charge on any atom is -0.497 e. The molecule has 5 heteroatoms. The molecule has 25 heavy (non-hydrogen) atoms. The predicted octanol–water partition coefficient (Wildman–Crippen LogP) is 3.68. The van der Waals surface area contributed by atoms with Crippen LogP contribution in [0, 0.1) is 12.8 Å². The van der Waals surface area contributed by atoms with Crippen molar-refractivity contribution in [3.8, 4) is 5.75 Å². The summed E-state index contributed by atoms with van der Waals surface area (Å²) in [6, 6.07) is 10.3. The molecule has 1 N–H and O–H groups in total. The Labute approximate surface area is 150 Å². The lowest BCUT2D eigenvalue weighted by Gasteiger charge is -2.31. The van der Waals surface area contributed by atoms with Gasteiger partial charge in [-0.1, -0.05) is 19.1 Å². The van der Waals surface area contributed by atoms with Gasteiger partial charge >= 0.3 is 0 Å². The Balaban J connectivity index is 1.58. The maximum Gasteiger partial charge on any atom is 0.134 e. The van der Waals surface area contributed by atoms with E-state index in [1.807, 2.05) is 19.1 Å². The van der Waals surface area contributed by atoms with E-state index in [0.717, 1.165) is 55.2 Å². The van der Waals surface area contributed by atoms with E-state index in [1.54, 1.807) is 7.11 Å². The average Bonchev–Trinajstić information content (AvgIpc) is 2.62. The van der Waals surface area contributed by atoms with Crippen LogP contribution >= 0.6 is 0 Å². The fourth-order valence-electron chi connectivity index (χ4n) is 3.17. The van der Waals surface area contributed by atoms with Gasteiger partial charge in [0.2, 0.25) is 0 Å². The van der Waals surface area contributed by atoms with Crippen molar-refractivity contribution < 1.29 is 4.74 Å². The van der Waals surface area contributed by atoms with Gasteiger partial charge in [0.05, 0.1) is 7.11 Å². The number of piperidine rings is 1. The van der Waals surface area contributed by atoms with Crippen LogP contribution in [0.5, 0.6) is 5.75 Å². The Morgan fingerprint density at radius 2 is 1.88 bits per heavy atom. The van der Waals surface area contributed by atoms with Crippen molar-refractivity contribution in [1.82, 2.24) is 9.97 Å². The van der Waals surface area contributed by atoms with E-state index in [9.17, 15) is 0 Å². The average molecular weight is 340 g/mol. The Hall–Kier alpha value is -2.30. The topological polar surface area (TPSA) is 50.3 Å². The molecule has 1 saturated heterocycles. The maximum absolute atomic E-state index is 5.20. The largest absolute Gasteiger partial charge is 0.497 e. The number of aryl methyl sites for hydroxylation is 1. The number of benzene rings is 1. The van der Waals surface area contributed by atoms with Gasteiger partial charge in [-0.15, -0.1) is 0 Å². The first kappa shape index (κ1) is 17.5. The molecule has 0 amide bonds. The first-order valence-electron chi connectivity index (χ1n) is 9.11. The summed E-state index contributed by atoms with van der Waals surface area (Å²) in [7, 11) is 1.69. The quantitative estimate of drug-likeness (QED) is 0.869. The third kappa shape index (κ3) is 4.84. The second-order valence-corrected chi connectivity index (χ2v) is 6.85. The normalized spacial score (nSPS) is 15.2. The van der Waals surface area contributed by atoms with Crippen molar-refractivity contribution in [2.45, 2.75) is 33.1 Å². The number of hydrogen-bond acceptors (Lipinski definition) is 5. The van der Waals surface area contributed by atoms with Crippen molar-refractivity contribution in [2.75, 3.05) is 37.0 Å². The van der Waals surface area contributed by atoms with E-state index in [0.29, 0.717) is 0 Å². The molecule has 0 unspecified atom stereocenters. The molecule has 134 valence electrons. The molecule has 1 fully saturated rings. The number of aromatic nitrogens is 2. The molecule has 1 aliphatic heterocycles. The summed E-state index contributed by atoms with van der Waals surface area (Å²) in [6.07, 6.45) is 3.43. The second-order valence-electron chi connectivity index (χ2n) is 6.85. The lowest BCUT2D eigenvalue weighted by molar-refractivity contribution is 0.414. The number of nitrogens with one attached hydrogen (secondary N) is 1. The molecular weight excluding hydrogens is 312 g/mol. The molecule has 1 aliphatic rings. The van der Waals surface area contributed by atoms with Crippen molar-refractivity contribution in [2.24, 2.45) is 5.92 Å². The zero-order chi connectivity index (χ0) is 17.6. The highest BCUT2D eigenvalue weighted by atomic mass is 16.5. The molecule has 1 aromatic heterocycles. The molecule has 0 saturated carbocycles. The van der Waals surface area contributed by atoms with Gasteiger partial charge in [-0.25, -0.2) is 9.97 Å². The summed E-state index contributed by atoms with van der Waals surface area (Å²) in [6.45, 7) is 7.31. The Kier molecular flexibility index (Phi) is 5.74.